The molecule has 4 aromatic rings. The van der Waals surface area contributed by atoms with E-state index in [1.807, 2.05) is 38.1 Å². The van der Waals surface area contributed by atoms with Crippen LogP contribution in [0.1, 0.15) is 32.1 Å². The average Bonchev–Trinajstić information content (AvgIpc) is 3.45. The van der Waals surface area contributed by atoms with Crippen LogP contribution in [0, 0.1) is 13.8 Å². The van der Waals surface area contributed by atoms with E-state index >= 15 is 0 Å². The minimum atomic E-state index is -0.467. The first-order chi connectivity index (χ1) is 15.8. The number of benzene rings is 2. The first kappa shape index (κ1) is 28.0. The molecule has 184 valence electrons. The monoisotopic (exact) mass is 472 g/mol. The van der Waals surface area contributed by atoms with E-state index in [9.17, 15) is 9.59 Å². The normalized spacial score (nSPS) is 9.74. The molecule has 0 atom stereocenters. The molecular weight excluding hydrogens is 440 g/mol. The number of fused-ring (bicyclic) bond motifs is 2. The van der Waals surface area contributed by atoms with Crippen molar-refractivity contribution in [2.75, 3.05) is 28.4 Å². The summed E-state index contributed by atoms with van der Waals surface area (Å²) in [5.41, 5.74) is 9.80. The van der Waals surface area contributed by atoms with Gasteiger partial charge in [0.25, 0.3) is 5.91 Å². The number of hydrogen-bond donors (Lipinski definition) is 5. The highest BCUT2D eigenvalue weighted by Gasteiger charge is 2.13. The van der Waals surface area contributed by atoms with E-state index in [4.69, 9.17) is 20.3 Å². The summed E-state index contributed by atoms with van der Waals surface area (Å²) in [5, 5.41) is 8.77. The van der Waals surface area contributed by atoms with Gasteiger partial charge in [-0.3, -0.25) is 4.79 Å². The first-order valence-electron chi connectivity index (χ1n) is 9.96. The largest absolute Gasteiger partial charge is 0.496 e. The van der Waals surface area contributed by atoms with Gasteiger partial charge in [0.1, 0.15) is 22.9 Å². The number of aromatic amines is 2. The lowest BCUT2D eigenvalue weighted by molar-refractivity contribution is 0.0595. The average molecular weight is 473 g/mol. The molecule has 0 aliphatic carbocycles. The second kappa shape index (κ2) is 12.3. The number of hydrogen-bond acceptors (Lipinski definition) is 7. The number of amides is 1. The van der Waals surface area contributed by atoms with Crippen LogP contribution in [0.4, 0.5) is 0 Å². The molecule has 8 N–H and O–H groups in total. The summed E-state index contributed by atoms with van der Waals surface area (Å²) in [6.45, 7) is 3.91. The van der Waals surface area contributed by atoms with Crippen molar-refractivity contribution >= 4 is 33.7 Å². The third kappa shape index (κ3) is 5.66. The van der Waals surface area contributed by atoms with Crippen LogP contribution in [-0.2, 0) is 4.74 Å². The number of primary amides is 1. The van der Waals surface area contributed by atoms with Crippen molar-refractivity contribution in [3.8, 4) is 11.5 Å². The van der Waals surface area contributed by atoms with Crippen LogP contribution in [0.3, 0.4) is 0 Å². The molecule has 0 fully saturated rings. The lowest BCUT2D eigenvalue weighted by atomic mass is 10.1. The number of aryl methyl sites for hydroxylation is 2. The molecular formula is C24H32N4O6. The Morgan fingerprint density at radius 3 is 1.59 bits per heavy atom. The number of aromatic nitrogens is 2. The Morgan fingerprint density at radius 2 is 1.21 bits per heavy atom. The summed E-state index contributed by atoms with van der Waals surface area (Å²) < 4.78 is 15.3. The predicted molar refractivity (Wildman–Crippen MR) is 132 cm³/mol. The molecule has 0 radical (unpaired) electrons. The van der Waals surface area contributed by atoms with Crippen molar-refractivity contribution in [1.29, 1.82) is 0 Å². The zero-order valence-electron chi connectivity index (χ0n) is 20.2. The van der Waals surface area contributed by atoms with Crippen LogP contribution in [0.5, 0.6) is 11.5 Å². The number of aliphatic hydroxyl groups excluding tert-OH is 1. The number of nitrogens with two attached hydrogens (primary N) is 1. The van der Waals surface area contributed by atoms with Gasteiger partial charge < -0.3 is 41.2 Å². The molecule has 0 spiro atoms. The number of methoxy groups -OCH3 is 3. The molecule has 34 heavy (non-hydrogen) atoms. The van der Waals surface area contributed by atoms with Crippen molar-refractivity contribution in [3.63, 3.8) is 0 Å². The first-order valence-corrected chi connectivity index (χ1v) is 9.96. The topological polar surface area (TPSA) is 175 Å². The van der Waals surface area contributed by atoms with Crippen molar-refractivity contribution in [2.24, 2.45) is 5.73 Å². The van der Waals surface area contributed by atoms with E-state index in [-0.39, 0.29) is 12.1 Å². The van der Waals surface area contributed by atoms with Crippen LogP contribution in [0.25, 0.3) is 21.8 Å². The van der Waals surface area contributed by atoms with Gasteiger partial charge >= 0.3 is 5.97 Å². The highest BCUT2D eigenvalue weighted by Crippen LogP contribution is 2.30. The molecule has 10 nitrogen and oxygen atoms in total. The van der Waals surface area contributed by atoms with E-state index in [1.165, 1.54) is 7.11 Å². The van der Waals surface area contributed by atoms with Gasteiger partial charge in [-0.1, -0.05) is 12.1 Å². The molecule has 0 aliphatic rings. The summed E-state index contributed by atoms with van der Waals surface area (Å²) in [6.07, 6.45) is 0. The molecule has 0 saturated carbocycles. The van der Waals surface area contributed by atoms with Crippen molar-refractivity contribution < 1.29 is 28.9 Å². The Bertz CT molecular complexity index is 1280. The second-order valence-electron chi connectivity index (χ2n) is 6.98. The van der Waals surface area contributed by atoms with Crippen molar-refractivity contribution in [3.05, 3.63) is 58.9 Å². The molecule has 0 unspecified atom stereocenters. The summed E-state index contributed by atoms with van der Waals surface area (Å²) in [6, 6.07) is 11.1. The fraction of sp³-hybridized carbons (Fsp3) is 0.250. The van der Waals surface area contributed by atoms with Gasteiger partial charge in [0.05, 0.1) is 21.3 Å². The maximum Gasteiger partial charge on any atom is 0.354 e. The minimum Gasteiger partial charge on any atom is -0.496 e. The van der Waals surface area contributed by atoms with Crippen LogP contribution in [0.15, 0.2) is 36.4 Å². The second-order valence-corrected chi connectivity index (χ2v) is 6.98. The number of esters is 1. The fourth-order valence-corrected chi connectivity index (χ4v) is 3.47. The van der Waals surface area contributed by atoms with Crippen LogP contribution in [-0.4, -0.2) is 55.4 Å². The molecule has 0 bridgehead atoms. The molecule has 1 amide bonds. The lowest BCUT2D eigenvalue weighted by Gasteiger charge is -2.04. The van der Waals surface area contributed by atoms with Gasteiger partial charge in [-0.2, -0.15) is 0 Å². The van der Waals surface area contributed by atoms with Crippen LogP contribution < -0.4 is 21.4 Å². The van der Waals surface area contributed by atoms with E-state index in [1.54, 1.807) is 26.4 Å². The fourth-order valence-electron chi connectivity index (χ4n) is 3.47. The number of carbonyl (C=O) groups excluding carboxylic acids is 2. The predicted octanol–water partition coefficient (Wildman–Crippen LogP) is 3.63. The van der Waals surface area contributed by atoms with Crippen LogP contribution >= 0.6 is 0 Å². The number of H-pyrrole nitrogens is 2. The highest BCUT2D eigenvalue weighted by molar-refractivity contribution is 5.99. The van der Waals surface area contributed by atoms with Crippen molar-refractivity contribution in [2.45, 2.75) is 13.8 Å². The maximum absolute atomic E-state index is 11.4. The SMILES string of the molecule is CO.COC(=O)c1cc2c(OC)c(C)ccc2[nH]1.COc1c(C)ccc2[nH]c(C(N)=O)cc12.N. The van der Waals surface area contributed by atoms with E-state index in [0.717, 1.165) is 51.5 Å². The van der Waals surface area contributed by atoms with Gasteiger partial charge in [0, 0.05) is 28.9 Å². The van der Waals surface area contributed by atoms with Gasteiger partial charge in [-0.05, 0) is 49.2 Å². The highest BCUT2D eigenvalue weighted by atomic mass is 16.5. The molecule has 4 rings (SSSR count). The number of nitrogens with one attached hydrogen (secondary N) is 2. The summed E-state index contributed by atoms with van der Waals surface area (Å²) in [7, 11) is 5.58. The van der Waals surface area contributed by atoms with Gasteiger partial charge in [0.2, 0.25) is 0 Å². The van der Waals surface area contributed by atoms with Gasteiger partial charge in [0.15, 0.2) is 0 Å². The zero-order chi connectivity index (χ0) is 24.7. The smallest absolute Gasteiger partial charge is 0.354 e. The summed E-state index contributed by atoms with van der Waals surface area (Å²) >= 11 is 0. The third-order valence-electron chi connectivity index (χ3n) is 4.98. The molecule has 0 aliphatic heterocycles. The number of aliphatic hydroxyl groups is 1. The molecule has 10 heteroatoms. The molecule has 2 aromatic carbocycles. The Labute approximate surface area is 197 Å². The standard InChI is InChI=1S/C12H13NO3.C11H12N2O2.CH4O.H3N/c1-7-4-5-9-8(11(7)15-2)6-10(13-9)12(14)16-3;1-6-3-4-8-7(10(6)15-2)5-9(13-8)11(12)14;1-2;/h4-6,13H,1-3H3;3-5,13H,1-2H3,(H2,12,14);2H,1H3;1H3. The van der Waals surface area contributed by atoms with E-state index in [2.05, 4.69) is 14.7 Å². The van der Waals surface area contributed by atoms with Crippen molar-refractivity contribution in [1.82, 2.24) is 16.1 Å². The minimum absolute atomic E-state index is 0. The van der Waals surface area contributed by atoms with Gasteiger partial charge in [-0.15, -0.1) is 0 Å². The van der Waals surface area contributed by atoms with Crippen LogP contribution in [0.2, 0.25) is 0 Å². The zero-order valence-corrected chi connectivity index (χ0v) is 20.2. The Hall–Kier alpha value is -4.02. The number of rotatable bonds is 4. The lowest BCUT2D eigenvalue weighted by Crippen LogP contribution is -2.10. The quantitative estimate of drug-likeness (QED) is 0.282. The molecule has 2 aromatic heterocycles. The number of ether oxygens (including phenoxy) is 3. The van der Waals surface area contributed by atoms with Gasteiger partial charge in [-0.25, -0.2) is 4.79 Å². The number of carbonyl (C=O) groups is 2. The Balaban J connectivity index is 0.000000309. The van der Waals surface area contributed by atoms with E-state index in [0.29, 0.717) is 11.4 Å². The molecule has 2 heterocycles. The summed E-state index contributed by atoms with van der Waals surface area (Å²) in [5.74, 6) is 0.710. The molecule has 0 saturated heterocycles. The summed E-state index contributed by atoms with van der Waals surface area (Å²) in [4.78, 5) is 28.3. The third-order valence-corrected chi connectivity index (χ3v) is 4.98. The Kier molecular flexibility index (Phi) is 10.1. The van der Waals surface area contributed by atoms with E-state index < -0.39 is 5.91 Å². The maximum atomic E-state index is 11.4. The Morgan fingerprint density at radius 1 is 0.794 bits per heavy atom.